The van der Waals surface area contributed by atoms with Crippen molar-refractivity contribution in [3.63, 3.8) is 0 Å². The molecule has 148 valence electrons. The standard InChI is InChI=1S/C23H27NO4/c1-5-27-21-9-7-6-8-20(21)24-23(26)17(4)28-22(25)15-12-18-10-13-19(14-11-18)16(2)3/h6-17H,5H2,1-4H3,(H,24,26). The SMILES string of the molecule is CCOc1ccccc1NC(=O)C(C)OC(=O)C=Cc1ccc(C(C)C)cc1. The number of anilines is 1. The van der Waals surface area contributed by atoms with Gasteiger partial charge in [0.1, 0.15) is 5.75 Å². The largest absolute Gasteiger partial charge is 0.492 e. The van der Waals surface area contributed by atoms with E-state index in [0.717, 1.165) is 5.56 Å². The molecule has 0 spiro atoms. The molecule has 0 aliphatic carbocycles. The van der Waals surface area contributed by atoms with E-state index < -0.39 is 18.0 Å². The molecule has 2 aromatic carbocycles. The van der Waals surface area contributed by atoms with Crippen LogP contribution in [0, 0.1) is 0 Å². The molecule has 0 aliphatic rings. The molecule has 0 aromatic heterocycles. The van der Waals surface area contributed by atoms with E-state index in [2.05, 4.69) is 19.2 Å². The van der Waals surface area contributed by atoms with Crippen LogP contribution in [0.1, 0.15) is 44.7 Å². The van der Waals surface area contributed by atoms with Crippen molar-refractivity contribution >= 4 is 23.6 Å². The lowest BCUT2D eigenvalue weighted by Gasteiger charge is -2.15. The van der Waals surface area contributed by atoms with Crippen LogP contribution in [0.25, 0.3) is 6.08 Å². The Kier molecular flexibility index (Phi) is 7.81. The molecular formula is C23H27NO4. The third kappa shape index (κ3) is 6.27. The van der Waals surface area contributed by atoms with Crippen LogP contribution in [-0.2, 0) is 14.3 Å². The van der Waals surface area contributed by atoms with Crippen LogP contribution in [0.3, 0.4) is 0 Å². The van der Waals surface area contributed by atoms with Crippen LogP contribution in [0.2, 0.25) is 0 Å². The maximum absolute atomic E-state index is 12.3. The smallest absolute Gasteiger partial charge is 0.331 e. The minimum Gasteiger partial charge on any atom is -0.492 e. The molecule has 1 unspecified atom stereocenters. The summed E-state index contributed by atoms with van der Waals surface area (Å²) in [6.07, 6.45) is 2.05. The molecular weight excluding hydrogens is 354 g/mol. The first-order valence-electron chi connectivity index (χ1n) is 9.42. The molecule has 5 heteroatoms. The third-order valence-electron chi connectivity index (χ3n) is 4.12. The predicted molar refractivity (Wildman–Crippen MR) is 111 cm³/mol. The van der Waals surface area contributed by atoms with Crippen LogP contribution >= 0.6 is 0 Å². The number of hydrogen-bond acceptors (Lipinski definition) is 4. The molecule has 2 rings (SSSR count). The van der Waals surface area contributed by atoms with Crippen molar-refractivity contribution in [1.29, 1.82) is 0 Å². The summed E-state index contributed by atoms with van der Waals surface area (Å²) in [7, 11) is 0. The summed E-state index contributed by atoms with van der Waals surface area (Å²) in [6, 6.07) is 15.1. The van der Waals surface area contributed by atoms with E-state index in [9.17, 15) is 9.59 Å². The van der Waals surface area contributed by atoms with Crippen LogP contribution in [0.4, 0.5) is 5.69 Å². The van der Waals surface area contributed by atoms with Crippen LogP contribution in [0.5, 0.6) is 5.75 Å². The molecule has 0 aliphatic heterocycles. The number of rotatable bonds is 8. The van der Waals surface area contributed by atoms with Gasteiger partial charge in [-0.25, -0.2) is 4.79 Å². The number of nitrogens with one attached hydrogen (secondary N) is 1. The van der Waals surface area contributed by atoms with Gasteiger partial charge >= 0.3 is 5.97 Å². The molecule has 5 nitrogen and oxygen atoms in total. The van der Waals surface area contributed by atoms with E-state index >= 15 is 0 Å². The van der Waals surface area contributed by atoms with Gasteiger partial charge in [0.05, 0.1) is 12.3 Å². The molecule has 0 heterocycles. The lowest BCUT2D eigenvalue weighted by molar-refractivity contribution is -0.148. The fraction of sp³-hybridized carbons (Fsp3) is 0.304. The fourth-order valence-electron chi connectivity index (χ4n) is 2.51. The number of para-hydroxylation sites is 2. The van der Waals surface area contributed by atoms with Crippen molar-refractivity contribution in [2.45, 2.75) is 39.7 Å². The van der Waals surface area contributed by atoms with Gasteiger partial charge in [0.2, 0.25) is 0 Å². The van der Waals surface area contributed by atoms with Gasteiger partial charge in [-0.3, -0.25) is 4.79 Å². The van der Waals surface area contributed by atoms with E-state index in [0.29, 0.717) is 24.0 Å². The number of esters is 1. The lowest BCUT2D eigenvalue weighted by atomic mass is 10.0. The summed E-state index contributed by atoms with van der Waals surface area (Å²) in [5.74, 6) is 0.0284. The number of benzene rings is 2. The molecule has 0 saturated heterocycles. The zero-order valence-electron chi connectivity index (χ0n) is 16.8. The third-order valence-corrected chi connectivity index (χ3v) is 4.12. The van der Waals surface area contributed by atoms with Gasteiger partial charge in [-0.05, 0) is 49.1 Å². The van der Waals surface area contributed by atoms with E-state index in [1.807, 2.05) is 37.3 Å². The topological polar surface area (TPSA) is 64.6 Å². The Morgan fingerprint density at radius 2 is 1.71 bits per heavy atom. The van der Waals surface area contributed by atoms with E-state index in [1.54, 1.807) is 24.3 Å². The van der Waals surface area contributed by atoms with Crippen LogP contribution in [0.15, 0.2) is 54.6 Å². The number of amides is 1. The quantitative estimate of drug-likeness (QED) is 0.527. The van der Waals surface area contributed by atoms with Gasteiger partial charge in [-0.2, -0.15) is 0 Å². The highest BCUT2D eigenvalue weighted by molar-refractivity contribution is 5.97. The molecule has 1 N–H and O–H groups in total. The van der Waals surface area contributed by atoms with Crippen molar-refractivity contribution in [2.24, 2.45) is 0 Å². The summed E-state index contributed by atoms with van der Waals surface area (Å²) in [4.78, 5) is 24.3. The van der Waals surface area contributed by atoms with Gasteiger partial charge in [-0.1, -0.05) is 50.2 Å². The highest BCUT2D eigenvalue weighted by Gasteiger charge is 2.18. The Morgan fingerprint density at radius 1 is 1.04 bits per heavy atom. The first-order valence-corrected chi connectivity index (χ1v) is 9.42. The average Bonchev–Trinajstić information content (AvgIpc) is 2.68. The minimum absolute atomic E-state index is 0.421. The molecule has 1 amide bonds. The van der Waals surface area contributed by atoms with Crippen molar-refractivity contribution < 1.29 is 19.1 Å². The maximum Gasteiger partial charge on any atom is 0.331 e. The van der Waals surface area contributed by atoms with Crippen molar-refractivity contribution in [1.82, 2.24) is 0 Å². The maximum atomic E-state index is 12.3. The van der Waals surface area contributed by atoms with E-state index in [1.165, 1.54) is 18.6 Å². The first-order chi connectivity index (χ1) is 13.4. The van der Waals surface area contributed by atoms with Gasteiger partial charge < -0.3 is 14.8 Å². The van der Waals surface area contributed by atoms with Gasteiger partial charge in [0.25, 0.3) is 5.91 Å². The minimum atomic E-state index is -0.935. The molecule has 0 fully saturated rings. The molecule has 0 saturated carbocycles. The summed E-state index contributed by atoms with van der Waals surface area (Å²) < 4.78 is 10.7. The Bertz CT molecular complexity index is 825. The van der Waals surface area contributed by atoms with Crippen LogP contribution < -0.4 is 10.1 Å². The molecule has 28 heavy (non-hydrogen) atoms. The number of hydrogen-bond donors (Lipinski definition) is 1. The average molecular weight is 381 g/mol. The van der Waals surface area contributed by atoms with Gasteiger partial charge in [-0.15, -0.1) is 0 Å². The van der Waals surface area contributed by atoms with Crippen molar-refractivity contribution in [2.75, 3.05) is 11.9 Å². The molecule has 1 atom stereocenters. The second-order valence-electron chi connectivity index (χ2n) is 6.65. The highest BCUT2D eigenvalue weighted by Crippen LogP contribution is 2.24. The molecule has 0 radical (unpaired) electrons. The highest BCUT2D eigenvalue weighted by atomic mass is 16.5. The Labute approximate surface area is 166 Å². The fourth-order valence-corrected chi connectivity index (χ4v) is 2.51. The van der Waals surface area contributed by atoms with Gasteiger partial charge in [0.15, 0.2) is 6.10 Å². The predicted octanol–water partition coefficient (Wildman–Crippen LogP) is 4.79. The first kappa shape index (κ1) is 21.2. The monoisotopic (exact) mass is 381 g/mol. The zero-order chi connectivity index (χ0) is 20.5. The Hall–Kier alpha value is -3.08. The van der Waals surface area contributed by atoms with Gasteiger partial charge in [0, 0.05) is 6.08 Å². The zero-order valence-corrected chi connectivity index (χ0v) is 16.8. The number of carbonyl (C=O) groups excluding carboxylic acids is 2. The number of carbonyl (C=O) groups is 2. The molecule has 2 aromatic rings. The Morgan fingerprint density at radius 3 is 2.36 bits per heavy atom. The molecule has 0 bridgehead atoms. The number of ether oxygens (including phenoxy) is 2. The van der Waals surface area contributed by atoms with Crippen molar-refractivity contribution in [3.05, 3.63) is 65.7 Å². The normalized spacial score (nSPS) is 12.0. The van der Waals surface area contributed by atoms with E-state index in [4.69, 9.17) is 9.47 Å². The summed E-state index contributed by atoms with van der Waals surface area (Å²) in [5.41, 5.74) is 2.67. The van der Waals surface area contributed by atoms with Crippen molar-refractivity contribution in [3.8, 4) is 5.75 Å². The summed E-state index contributed by atoms with van der Waals surface area (Å²) in [6.45, 7) is 8.14. The van der Waals surface area contributed by atoms with E-state index in [-0.39, 0.29) is 0 Å². The second kappa shape index (κ2) is 10.3. The lowest BCUT2D eigenvalue weighted by Crippen LogP contribution is -2.29. The Balaban J connectivity index is 1.91. The van der Waals surface area contributed by atoms with Crippen LogP contribution in [-0.4, -0.2) is 24.6 Å². The summed E-state index contributed by atoms with van der Waals surface area (Å²) >= 11 is 0. The summed E-state index contributed by atoms with van der Waals surface area (Å²) in [5, 5.41) is 2.73. The second-order valence-corrected chi connectivity index (χ2v) is 6.65.